The summed E-state index contributed by atoms with van der Waals surface area (Å²) in [5.74, 6) is -10.3. The molecule has 0 aromatic carbocycles. The zero-order chi connectivity index (χ0) is 25.6. The molecule has 12 nitrogen and oxygen atoms in total. The van der Waals surface area contributed by atoms with Crippen LogP contribution in [0.25, 0.3) is 0 Å². The van der Waals surface area contributed by atoms with Gasteiger partial charge in [-0.2, -0.15) is 0 Å². The lowest BCUT2D eigenvalue weighted by Gasteiger charge is -2.28. The van der Waals surface area contributed by atoms with Crippen molar-refractivity contribution in [2.24, 2.45) is 11.8 Å². The number of ether oxygens (including phenoxy) is 1. The van der Waals surface area contributed by atoms with Crippen LogP contribution in [-0.2, 0) is 23.9 Å². The zero-order valence-corrected chi connectivity index (χ0v) is 17.4. The van der Waals surface area contributed by atoms with Gasteiger partial charge in [-0.05, 0) is 18.2 Å². The SMILES string of the molecule is O=C(C=CC1C=CC(O)=C(O)C1)O[C@](C(=O)O)(C(=O)C=CC1C=CC(O)=C(O)C1)[C@@H](O)C(=O)O. The van der Waals surface area contributed by atoms with Gasteiger partial charge in [-0.3, -0.25) is 4.79 Å². The number of esters is 1. The third-order valence-electron chi connectivity index (χ3n) is 4.99. The van der Waals surface area contributed by atoms with Crippen LogP contribution >= 0.6 is 0 Å². The number of aliphatic hydroxyl groups is 5. The second kappa shape index (κ2) is 10.5. The van der Waals surface area contributed by atoms with E-state index >= 15 is 0 Å². The first-order valence-corrected chi connectivity index (χ1v) is 9.75. The van der Waals surface area contributed by atoms with Crippen molar-refractivity contribution in [3.8, 4) is 0 Å². The number of aliphatic hydroxyl groups excluding tert-OH is 5. The van der Waals surface area contributed by atoms with Gasteiger partial charge in [0.25, 0.3) is 0 Å². The molecule has 0 aliphatic heterocycles. The molecule has 0 aromatic rings. The van der Waals surface area contributed by atoms with Crippen LogP contribution in [0.1, 0.15) is 12.8 Å². The maximum absolute atomic E-state index is 12.7. The van der Waals surface area contributed by atoms with Gasteiger partial charge in [0.2, 0.25) is 11.9 Å². The summed E-state index contributed by atoms with van der Waals surface area (Å²) in [7, 11) is 0. The molecule has 2 rings (SSSR count). The fraction of sp³-hybridized carbons (Fsp3) is 0.273. The van der Waals surface area contributed by atoms with Gasteiger partial charge >= 0.3 is 23.5 Å². The van der Waals surface area contributed by atoms with Crippen LogP contribution in [0.3, 0.4) is 0 Å². The van der Waals surface area contributed by atoms with Crippen molar-refractivity contribution in [3.05, 3.63) is 71.6 Å². The Kier molecular flexibility index (Phi) is 8.03. The van der Waals surface area contributed by atoms with Gasteiger partial charge in [-0.15, -0.1) is 0 Å². The molecule has 12 heteroatoms. The molecule has 7 N–H and O–H groups in total. The standard InChI is InChI=1S/C22H22O12/c23-13-5-1-11(9-15(13)25)3-7-17(27)22(21(32)33,19(29)20(30)31)34-18(28)8-4-12-2-6-14(24)16(26)10-12/h1-8,11-12,19,23-26,29H,9-10H2,(H,30,31)(H,32,33)/t11?,12?,19-,22+/m0/s1. The number of carboxylic acids is 2. The van der Waals surface area contributed by atoms with E-state index in [9.17, 15) is 49.8 Å². The van der Waals surface area contributed by atoms with Crippen molar-refractivity contribution in [2.45, 2.75) is 24.5 Å². The van der Waals surface area contributed by atoms with E-state index in [-0.39, 0.29) is 24.4 Å². The van der Waals surface area contributed by atoms with Gasteiger partial charge in [0.15, 0.2) is 11.5 Å². The minimum Gasteiger partial charge on any atom is -0.508 e. The number of rotatable bonds is 9. The van der Waals surface area contributed by atoms with Gasteiger partial charge < -0.3 is 40.5 Å². The molecule has 0 saturated carbocycles. The zero-order valence-electron chi connectivity index (χ0n) is 17.4. The number of aliphatic carboxylic acids is 2. The largest absolute Gasteiger partial charge is 0.508 e. The van der Waals surface area contributed by atoms with Gasteiger partial charge in [0, 0.05) is 30.8 Å². The van der Waals surface area contributed by atoms with E-state index in [2.05, 4.69) is 4.74 Å². The molecule has 182 valence electrons. The van der Waals surface area contributed by atoms with E-state index in [1.807, 2.05) is 0 Å². The Balaban J connectivity index is 2.28. The Morgan fingerprint density at radius 2 is 1.35 bits per heavy atom. The maximum Gasteiger partial charge on any atom is 0.360 e. The molecule has 0 heterocycles. The second-order valence-corrected chi connectivity index (χ2v) is 7.40. The Hall–Kier alpha value is -4.32. The molecule has 0 amide bonds. The van der Waals surface area contributed by atoms with Crippen molar-refractivity contribution in [3.63, 3.8) is 0 Å². The number of allylic oxidation sites excluding steroid dienone is 8. The molecule has 4 atom stereocenters. The Labute approximate surface area is 192 Å². The van der Waals surface area contributed by atoms with E-state index in [1.165, 1.54) is 12.2 Å². The normalized spacial score (nSPS) is 23.2. The lowest BCUT2D eigenvalue weighted by molar-refractivity contribution is -0.196. The lowest BCUT2D eigenvalue weighted by atomic mass is 9.89. The van der Waals surface area contributed by atoms with E-state index in [0.29, 0.717) is 12.2 Å². The molecule has 0 saturated heterocycles. The molecular weight excluding hydrogens is 456 g/mol. The van der Waals surface area contributed by atoms with Crippen molar-refractivity contribution in [1.82, 2.24) is 0 Å². The first kappa shape index (κ1) is 25.9. The second-order valence-electron chi connectivity index (χ2n) is 7.40. The van der Waals surface area contributed by atoms with E-state index in [0.717, 1.165) is 24.3 Å². The van der Waals surface area contributed by atoms with Crippen LogP contribution in [0.5, 0.6) is 0 Å². The van der Waals surface area contributed by atoms with Crippen LogP contribution in [-0.4, -0.2) is 71.1 Å². The number of carbonyl (C=O) groups is 4. The third kappa shape index (κ3) is 5.72. The summed E-state index contributed by atoms with van der Waals surface area (Å²) in [6.07, 6.45) is 5.34. The van der Waals surface area contributed by atoms with Gasteiger partial charge in [-0.1, -0.05) is 24.3 Å². The third-order valence-corrected chi connectivity index (χ3v) is 4.99. The average molecular weight is 478 g/mol. The van der Waals surface area contributed by atoms with Gasteiger partial charge in [-0.25, -0.2) is 14.4 Å². The topological polar surface area (TPSA) is 219 Å². The molecule has 0 radical (unpaired) electrons. The minimum absolute atomic E-state index is 0.0959. The van der Waals surface area contributed by atoms with Gasteiger partial charge in [0.1, 0.15) is 11.5 Å². The van der Waals surface area contributed by atoms with Crippen molar-refractivity contribution in [2.75, 3.05) is 0 Å². The Bertz CT molecular complexity index is 1060. The smallest absolute Gasteiger partial charge is 0.360 e. The molecule has 2 unspecified atom stereocenters. The quantitative estimate of drug-likeness (QED) is 0.142. The van der Waals surface area contributed by atoms with Crippen LogP contribution in [0, 0.1) is 11.8 Å². The number of carboxylic acid groups (broad SMARTS) is 2. The predicted octanol–water partition coefficient (Wildman–Crippen LogP) is 1.29. The first-order chi connectivity index (χ1) is 15.9. The van der Waals surface area contributed by atoms with Crippen molar-refractivity contribution in [1.29, 1.82) is 0 Å². The first-order valence-electron chi connectivity index (χ1n) is 9.75. The van der Waals surface area contributed by atoms with Crippen LogP contribution in [0.15, 0.2) is 71.6 Å². The van der Waals surface area contributed by atoms with Crippen molar-refractivity contribution < 1.29 is 59.7 Å². The fourth-order valence-electron chi connectivity index (χ4n) is 3.09. The van der Waals surface area contributed by atoms with Crippen LogP contribution < -0.4 is 0 Å². The predicted molar refractivity (Wildman–Crippen MR) is 112 cm³/mol. The summed E-state index contributed by atoms with van der Waals surface area (Å²) >= 11 is 0. The number of hydrogen-bond donors (Lipinski definition) is 7. The van der Waals surface area contributed by atoms with Crippen molar-refractivity contribution >= 4 is 23.7 Å². The molecule has 34 heavy (non-hydrogen) atoms. The van der Waals surface area contributed by atoms with Gasteiger partial charge in [0.05, 0.1) is 0 Å². The monoisotopic (exact) mass is 478 g/mol. The number of carbonyl (C=O) groups excluding carboxylic acids is 2. The summed E-state index contributed by atoms with van der Waals surface area (Å²) in [4.78, 5) is 48.3. The fourth-order valence-corrected chi connectivity index (χ4v) is 3.09. The summed E-state index contributed by atoms with van der Waals surface area (Å²) in [6, 6.07) is 0. The highest BCUT2D eigenvalue weighted by Crippen LogP contribution is 2.25. The Morgan fingerprint density at radius 1 is 0.882 bits per heavy atom. The molecule has 0 aromatic heterocycles. The highest BCUT2D eigenvalue weighted by molar-refractivity contribution is 6.16. The molecular formula is C22H22O12. The highest BCUT2D eigenvalue weighted by Gasteiger charge is 2.58. The molecule has 0 bridgehead atoms. The van der Waals surface area contributed by atoms with E-state index < -0.39 is 58.8 Å². The summed E-state index contributed by atoms with van der Waals surface area (Å²) < 4.78 is 4.68. The number of ketones is 1. The maximum atomic E-state index is 12.7. The molecule has 0 spiro atoms. The molecule has 0 fully saturated rings. The summed E-state index contributed by atoms with van der Waals surface area (Å²) in [5, 5.41) is 66.6. The lowest BCUT2D eigenvalue weighted by Crippen LogP contribution is -2.61. The van der Waals surface area contributed by atoms with Crippen LogP contribution in [0.2, 0.25) is 0 Å². The number of hydrogen-bond acceptors (Lipinski definition) is 10. The Morgan fingerprint density at radius 3 is 1.76 bits per heavy atom. The highest BCUT2D eigenvalue weighted by atomic mass is 16.6. The summed E-state index contributed by atoms with van der Waals surface area (Å²) in [6.45, 7) is 0. The minimum atomic E-state index is -3.54. The molecule has 2 aliphatic rings. The summed E-state index contributed by atoms with van der Waals surface area (Å²) in [5.41, 5.74) is -3.54. The van der Waals surface area contributed by atoms with E-state index in [4.69, 9.17) is 5.11 Å². The average Bonchev–Trinajstić information content (AvgIpc) is 2.78. The molecule has 2 aliphatic carbocycles. The van der Waals surface area contributed by atoms with Crippen LogP contribution in [0.4, 0.5) is 0 Å². The van der Waals surface area contributed by atoms with E-state index in [1.54, 1.807) is 0 Å².